The van der Waals surface area contributed by atoms with Gasteiger partial charge in [-0.15, -0.1) is 0 Å². The van der Waals surface area contributed by atoms with Gasteiger partial charge < -0.3 is 23.8 Å². The number of benzene rings is 2. The van der Waals surface area contributed by atoms with E-state index in [1.165, 1.54) is 25.3 Å². The first-order valence-corrected chi connectivity index (χ1v) is 9.72. The number of carbonyl (C=O) groups excluding carboxylic acids is 2. The molecular weight excluding hydrogens is 386 g/mol. The van der Waals surface area contributed by atoms with Gasteiger partial charge >= 0.3 is 11.9 Å². The summed E-state index contributed by atoms with van der Waals surface area (Å²) >= 11 is 0. The zero-order chi connectivity index (χ0) is 21.1. The minimum Gasteiger partial charge on any atom is -0.486 e. The smallest absolute Gasteiger partial charge is 0.355 e. The van der Waals surface area contributed by atoms with Crippen LogP contribution in [-0.4, -0.2) is 39.5 Å². The highest BCUT2D eigenvalue weighted by molar-refractivity contribution is 6.03. The van der Waals surface area contributed by atoms with Gasteiger partial charge in [0.25, 0.3) is 0 Å². The summed E-state index contributed by atoms with van der Waals surface area (Å²) in [6.45, 7) is 0.0943. The molecule has 0 amide bonds. The van der Waals surface area contributed by atoms with Gasteiger partial charge in [0.2, 0.25) is 0 Å². The number of fused-ring (bicyclic) bond motifs is 1. The van der Waals surface area contributed by atoms with Crippen molar-refractivity contribution in [3.05, 3.63) is 70.9 Å². The maximum absolute atomic E-state index is 12.4. The summed E-state index contributed by atoms with van der Waals surface area (Å²) in [5.41, 5.74) is 3.47. The summed E-state index contributed by atoms with van der Waals surface area (Å²) in [6.07, 6.45) is 1.98. The van der Waals surface area contributed by atoms with Gasteiger partial charge in [-0.05, 0) is 48.2 Å². The highest BCUT2D eigenvalue weighted by Gasteiger charge is 2.32. The highest BCUT2D eigenvalue weighted by atomic mass is 16.5. The summed E-state index contributed by atoms with van der Waals surface area (Å²) in [5, 5.41) is 0. The van der Waals surface area contributed by atoms with Crippen LogP contribution < -0.4 is 9.64 Å². The standard InChI is InChI=1S/C23H23NO6/c1-27-22(25)19-13-29-14-24(21(19)23(26)28-2)16-8-10-17(11-9-16)30-20-12-7-15-5-3-4-6-18(15)20/h3-6,8-11,20H,7,12-14H2,1-2H3. The SMILES string of the molecule is COC(=O)C1=C(C(=O)OC)N(c2ccc(OC3CCc4ccccc43)cc2)COC1. The van der Waals surface area contributed by atoms with E-state index < -0.39 is 11.9 Å². The van der Waals surface area contributed by atoms with Crippen molar-refractivity contribution >= 4 is 17.6 Å². The first kappa shape index (κ1) is 20.0. The molecule has 1 heterocycles. The van der Waals surface area contributed by atoms with Crippen molar-refractivity contribution in [3.63, 3.8) is 0 Å². The highest BCUT2D eigenvalue weighted by Crippen LogP contribution is 2.35. The van der Waals surface area contributed by atoms with Gasteiger partial charge in [-0.2, -0.15) is 0 Å². The Morgan fingerprint density at radius 1 is 1.00 bits per heavy atom. The van der Waals surface area contributed by atoms with E-state index in [9.17, 15) is 9.59 Å². The molecule has 0 fully saturated rings. The Bertz CT molecular complexity index is 981. The zero-order valence-corrected chi connectivity index (χ0v) is 16.9. The number of ether oxygens (including phenoxy) is 4. The molecule has 1 aliphatic carbocycles. The molecular formula is C23H23NO6. The minimum absolute atomic E-state index is 0.0180. The quantitative estimate of drug-likeness (QED) is 0.703. The Hall–Kier alpha value is -3.32. The van der Waals surface area contributed by atoms with Crippen LogP contribution in [0.4, 0.5) is 5.69 Å². The molecule has 30 heavy (non-hydrogen) atoms. The fourth-order valence-corrected chi connectivity index (χ4v) is 3.86. The van der Waals surface area contributed by atoms with E-state index in [0.29, 0.717) is 5.69 Å². The molecule has 0 N–H and O–H groups in total. The predicted molar refractivity (Wildman–Crippen MR) is 109 cm³/mol. The van der Waals surface area contributed by atoms with Crippen LogP contribution in [-0.2, 0) is 30.2 Å². The van der Waals surface area contributed by atoms with Crippen LogP contribution in [0.3, 0.4) is 0 Å². The lowest BCUT2D eigenvalue weighted by Crippen LogP contribution is -2.38. The molecule has 2 aliphatic rings. The third kappa shape index (κ3) is 3.76. The Morgan fingerprint density at radius 3 is 2.47 bits per heavy atom. The maximum Gasteiger partial charge on any atom is 0.355 e. The van der Waals surface area contributed by atoms with Crippen LogP contribution in [0.1, 0.15) is 23.7 Å². The number of aryl methyl sites for hydroxylation is 1. The van der Waals surface area contributed by atoms with Gasteiger partial charge in [0, 0.05) is 5.69 Å². The van der Waals surface area contributed by atoms with Crippen molar-refractivity contribution < 1.29 is 28.5 Å². The first-order chi connectivity index (χ1) is 14.6. The molecule has 0 spiro atoms. The van der Waals surface area contributed by atoms with Crippen LogP contribution in [0.2, 0.25) is 0 Å². The molecule has 0 radical (unpaired) electrons. The third-order valence-electron chi connectivity index (χ3n) is 5.34. The normalized spacial score (nSPS) is 18.1. The van der Waals surface area contributed by atoms with E-state index in [0.717, 1.165) is 18.6 Å². The number of hydrogen-bond donors (Lipinski definition) is 0. The number of hydrogen-bond acceptors (Lipinski definition) is 7. The van der Waals surface area contributed by atoms with E-state index in [1.54, 1.807) is 4.90 Å². The summed E-state index contributed by atoms with van der Waals surface area (Å²) in [7, 11) is 2.53. The summed E-state index contributed by atoms with van der Waals surface area (Å²) in [5.74, 6) is -0.517. The molecule has 0 saturated heterocycles. The van der Waals surface area contributed by atoms with Gasteiger partial charge in [-0.1, -0.05) is 24.3 Å². The molecule has 4 rings (SSSR count). The number of anilines is 1. The zero-order valence-electron chi connectivity index (χ0n) is 16.9. The van der Waals surface area contributed by atoms with Gasteiger partial charge in [-0.3, -0.25) is 0 Å². The Morgan fingerprint density at radius 2 is 1.73 bits per heavy atom. The van der Waals surface area contributed by atoms with Crippen LogP contribution >= 0.6 is 0 Å². The van der Waals surface area contributed by atoms with Crippen LogP contribution in [0.15, 0.2) is 59.8 Å². The van der Waals surface area contributed by atoms with Gasteiger partial charge in [-0.25, -0.2) is 9.59 Å². The molecule has 2 aromatic rings. The van der Waals surface area contributed by atoms with E-state index in [1.807, 2.05) is 36.4 Å². The molecule has 1 atom stereocenters. The Balaban J connectivity index is 1.57. The average Bonchev–Trinajstić information content (AvgIpc) is 3.21. The van der Waals surface area contributed by atoms with E-state index in [-0.39, 0.29) is 30.7 Å². The summed E-state index contributed by atoms with van der Waals surface area (Å²) in [6, 6.07) is 15.7. The van der Waals surface area contributed by atoms with Crippen molar-refractivity contribution in [1.29, 1.82) is 0 Å². The topological polar surface area (TPSA) is 74.3 Å². The molecule has 0 saturated carbocycles. The monoisotopic (exact) mass is 409 g/mol. The minimum atomic E-state index is -0.625. The molecule has 156 valence electrons. The van der Waals surface area contributed by atoms with E-state index in [2.05, 4.69) is 12.1 Å². The van der Waals surface area contributed by atoms with Crippen molar-refractivity contribution in [2.24, 2.45) is 0 Å². The van der Waals surface area contributed by atoms with Gasteiger partial charge in [0.15, 0.2) is 0 Å². The van der Waals surface area contributed by atoms with Gasteiger partial charge in [0.1, 0.15) is 24.3 Å². The lowest BCUT2D eigenvalue weighted by Gasteiger charge is -2.31. The van der Waals surface area contributed by atoms with E-state index in [4.69, 9.17) is 18.9 Å². The van der Waals surface area contributed by atoms with Crippen LogP contribution in [0, 0.1) is 0 Å². The fourth-order valence-electron chi connectivity index (χ4n) is 3.86. The number of methoxy groups -OCH3 is 2. The van der Waals surface area contributed by atoms with E-state index >= 15 is 0 Å². The fraction of sp³-hybridized carbons (Fsp3) is 0.304. The van der Waals surface area contributed by atoms with Crippen molar-refractivity contribution in [1.82, 2.24) is 0 Å². The molecule has 0 aromatic heterocycles. The molecule has 1 unspecified atom stereocenters. The number of carbonyl (C=O) groups is 2. The molecule has 7 nitrogen and oxygen atoms in total. The predicted octanol–water partition coefficient (Wildman–Crippen LogP) is 3.15. The number of esters is 2. The molecule has 1 aliphatic heterocycles. The molecule has 2 aromatic carbocycles. The number of rotatable bonds is 5. The van der Waals surface area contributed by atoms with Crippen molar-refractivity contribution in [2.75, 3.05) is 32.5 Å². The second-order valence-electron chi connectivity index (χ2n) is 7.05. The van der Waals surface area contributed by atoms with Crippen LogP contribution in [0.25, 0.3) is 0 Å². The number of nitrogens with zero attached hydrogens (tertiary/aromatic N) is 1. The maximum atomic E-state index is 12.4. The summed E-state index contributed by atoms with van der Waals surface area (Å²) in [4.78, 5) is 26.1. The lowest BCUT2D eigenvalue weighted by atomic mass is 10.1. The average molecular weight is 409 g/mol. The first-order valence-electron chi connectivity index (χ1n) is 9.72. The molecule has 7 heteroatoms. The van der Waals surface area contributed by atoms with Gasteiger partial charge in [0.05, 0.1) is 26.4 Å². The second-order valence-corrected chi connectivity index (χ2v) is 7.05. The molecule has 0 bridgehead atoms. The van der Waals surface area contributed by atoms with Crippen molar-refractivity contribution in [3.8, 4) is 5.75 Å². The second kappa shape index (κ2) is 8.59. The Kier molecular flexibility index (Phi) is 5.72. The van der Waals surface area contributed by atoms with Crippen molar-refractivity contribution in [2.45, 2.75) is 18.9 Å². The van der Waals surface area contributed by atoms with Crippen LogP contribution in [0.5, 0.6) is 5.75 Å². The Labute approximate surface area is 174 Å². The lowest BCUT2D eigenvalue weighted by molar-refractivity contribution is -0.140. The third-order valence-corrected chi connectivity index (χ3v) is 5.34. The largest absolute Gasteiger partial charge is 0.486 e. The summed E-state index contributed by atoms with van der Waals surface area (Å²) < 4.78 is 21.4.